The van der Waals surface area contributed by atoms with Crippen molar-refractivity contribution in [2.24, 2.45) is 0 Å². The Labute approximate surface area is 134 Å². The molecule has 2 aromatic heterocycles. The molecule has 0 aliphatic rings. The molecule has 0 saturated heterocycles. The third kappa shape index (κ3) is 2.55. The molecule has 0 bridgehead atoms. The lowest BCUT2D eigenvalue weighted by atomic mass is 10.1. The van der Waals surface area contributed by atoms with Crippen LogP contribution < -0.4 is 5.32 Å². The highest BCUT2D eigenvalue weighted by atomic mass is 32.1. The zero-order valence-electron chi connectivity index (χ0n) is 13.1. The zero-order chi connectivity index (χ0) is 15.7. The molecule has 1 atom stereocenters. The first-order chi connectivity index (χ1) is 10.6. The van der Waals surface area contributed by atoms with Crippen LogP contribution in [0.4, 0.5) is 0 Å². The highest BCUT2D eigenvalue weighted by Gasteiger charge is 2.21. The number of benzene rings is 1. The Kier molecular flexibility index (Phi) is 4.03. The van der Waals surface area contributed by atoms with Crippen LogP contribution in [-0.2, 0) is 0 Å². The molecule has 114 valence electrons. The molecule has 4 heteroatoms. The van der Waals surface area contributed by atoms with Gasteiger partial charge in [-0.1, -0.05) is 30.3 Å². The van der Waals surface area contributed by atoms with E-state index < -0.39 is 0 Å². The molecule has 0 fully saturated rings. The molecule has 0 saturated carbocycles. The van der Waals surface area contributed by atoms with E-state index in [9.17, 15) is 4.79 Å². The van der Waals surface area contributed by atoms with E-state index in [4.69, 9.17) is 0 Å². The molecule has 1 N–H and O–H groups in total. The lowest BCUT2D eigenvalue weighted by molar-refractivity contribution is 0.0946. The van der Waals surface area contributed by atoms with Crippen molar-refractivity contribution in [1.29, 1.82) is 0 Å². The van der Waals surface area contributed by atoms with Crippen LogP contribution in [0.25, 0.3) is 10.2 Å². The van der Waals surface area contributed by atoms with Crippen LogP contribution >= 0.6 is 11.3 Å². The molecular formula is C18H20N2OS. The lowest BCUT2D eigenvalue weighted by Gasteiger charge is -2.18. The van der Waals surface area contributed by atoms with E-state index in [0.717, 1.165) is 11.2 Å². The molecule has 22 heavy (non-hydrogen) atoms. The molecule has 0 aliphatic heterocycles. The number of aryl methyl sites for hydroxylation is 1. The number of carbonyl (C=O) groups excluding carboxylic acids is 1. The number of nitrogens with zero attached hydrogens (tertiary/aromatic N) is 1. The third-order valence-corrected chi connectivity index (χ3v) is 4.88. The van der Waals surface area contributed by atoms with Crippen LogP contribution in [-0.4, -0.2) is 17.0 Å². The van der Waals surface area contributed by atoms with E-state index in [-0.39, 0.29) is 11.9 Å². The number of thiophene rings is 1. The van der Waals surface area contributed by atoms with Crippen LogP contribution in [0.3, 0.4) is 0 Å². The Morgan fingerprint density at radius 1 is 1.27 bits per heavy atom. The van der Waals surface area contributed by atoms with Crippen LogP contribution in [0.5, 0.6) is 0 Å². The van der Waals surface area contributed by atoms with Gasteiger partial charge < -0.3 is 9.88 Å². The second kappa shape index (κ2) is 5.97. The number of hydrogen-bond acceptors (Lipinski definition) is 2. The molecule has 0 aliphatic carbocycles. The molecule has 1 aromatic carbocycles. The fraction of sp³-hybridized carbons (Fsp3) is 0.278. The van der Waals surface area contributed by atoms with Gasteiger partial charge in [-0.25, -0.2) is 0 Å². The lowest BCUT2D eigenvalue weighted by Crippen LogP contribution is -2.26. The Hall–Kier alpha value is -2.07. The number of fused-ring (bicyclic) bond motifs is 1. The van der Waals surface area contributed by atoms with E-state index in [1.54, 1.807) is 11.3 Å². The first kappa shape index (κ1) is 14.9. The van der Waals surface area contributed by atoms with Crippen molar-refractivity contribution in [2.75, 3.05) is 6.54 Å². The van der Waals surface area contributed by atoms with Gasteiger partial charge in [0.05, 0.1) is 16.3 Å². The summed E-state index contributed by atoms with van der Waals surface area (Å²) in [6.45, 7) is 6.83. The van der Waals surface area contributed by atoms with Crippen molar-refractivity contribution in [3.63, 3.8) is 0 Å². The number of nitrogens with one attached hydrogen (secondary N) is 1. The van der Waals surface area contributed by atoms with Gasteiger partial charge in [0.1, 0.15) is 5.69 Å². The number of hydrogen-bond donors (Lipinski definition) is 1. The van der Waals surface area contributed by atoms with E-state index in [1.807, 2.05) is 31.2 Å². The third-order valence-electron chi connectivity index (χ3n) is 3.89. The molecule has 0 spiro atoms. The monoisotopic (exact) mass is 312 g/mol. The van der Waals surface area contributed by atoms with E-state index in [2.05, 4.69) is 41.9 Å². The molecule has 3 aromatic rings. The molecule has 2 heterocycles. The number of aromatic nitrogens is 1. The average molecular weight is 312 g/mol. The Morgan fingerprint density at radius 2 is 2.00 bits per heavy atom. The topological polar surface area (TPSA) is 34.0 Å². The average Bonchev–Trinajstić information content (AvgIpc) is 3.03. The van der Waals surface area contributed by atoms with Gasteiger partial charge in [0.25, 0.3) is 5.91 Å². The molecular weight excluding hydrogens is 292 g/mol. The number of amides is 1. The van der Waals surface area contributed by atoms with Crippen molar-refractivity contribution >= 4 is 27.5 Å². The summed E-state index contributed by atoms with van der Waals surface area (Å²) in [6.07, 6.45) is 0. The van der Waals surface area contributed by atoms with Crippen LogP contribution in [0.15, 0.2) is 42.5 Å². The summed E-state index contributed by atoms with van der Waals surface area (Å²) in [5.41, 5.74) is 3.08. The maximum absolute atomic E-state index is 12.4. The molecule has 3 rings (SSSR count). The smallest absolute Gasteiger partial charge is 0.267 e. The minimum atomic E-state index is -0.00802. The van der Waals surface area contributed by atoms with Crippen molar-refractivity contribution in [2.45, 2.75) is 26.8 Å². The largest absolute Gasteiger partial charge is 0.351 e. The van der Waals surface area contributed by atoms with E-state index in [1.165, 1.54) is 15.1 Å². The van der Waals surface area contributed by atoms with E-state index in [0.29, 0.717) is 6.54 Å². The molecule has 3 nitrogen and oxygen atoms in total. The zero-order valence-corrected chi connectivity index (χ0v) is 13.9. The number of rotatable bonds is 4. The summed E-state index contributed by atoms with van der Waals surface area (Å²) in [4.78, 5) is 13.7. The second-order valence-corrected chi connectivity index (χ2v) is 6.74. The van der Waals surface area contributed by atoms with Crippen molar-refractivity contribution in [1.82, 2.24) is 9.88 Å². The van der Waals surface area contributed by atoms with Crippen molar-refractivity contribution in [3.05, 3.63) is 58.6 Å². The first-order valence-electron chi connectivity index (χ1n) is 7.56. The van der Waals surface area contributed by atoms with E-state index >= 15 is 0 Å². The predicted molar refractivity (Wildman–Crippen MR) is 92.8 cm³/mol. The fourth-order valence-electron chi connectivity index (χ4n) is 2.86. The van der Waals surface area contributed by atoms with Crippen LogP contribution in [0, 0.1) is 6.92 Å². The van der Waals surface area contributed by atoms with Gasteiger partial charge in [0.2, 0.25) is 0 Å². The van der Waals surface area contributed by atoms with Gasteiger partial charge in [0.15, 0.2) is 0 Å². The second-order valence-electron chi connectivity index (χ2n) is 5.45. The number of carbonyl (C=O) groups is 1. The molecule has 1 unspecified atom stereocenters. The maximum Gasteiger partial charge on any atom is 0.267 e. The van der Waals surface area contributed by atoms with Crippen molar-refractivity contribution < 1.29 is 4.79 Å². The maximum atomic E-state index is 12.4. The van der Waals surface area contributed by atoms with Gasteiger partial charge in [0, 0.05) is 11.4 Å². The van der Waals surface area contributed by atoms with Crippen LogP contribution in [0.2, 0.25) is 0 Å². The predicted octanol–water partition coefficient (Wildman–Crippen LogP) is 4.37. The summed E-state index contributed by atoms with van der Waals surface area (Å²) in [5, 5.41) is 2.92. The minimum absolute atomic E-state index is 0.00802. The molecule has 0 radical (unpaired) electrons. The fourth-order valence-corrected chi connectivity index (χ4v) is 3.81. The summed E-state index contributed by atoms with van der Waals surface area (Å²) in [7, 11) is 0. The highest BCUT2D eigenvalue weighted by Crippen LogP contribution is 2.33. The Balaban J connectivity index is 2.16. The minimum Gasteiger partial charge on any atom is -0.351 e. The van der Waals surface area contributed by atoms with Gasteiger partial charge in [-0.3, -0.25) is 4.79 Å². The normalized spacial score (nSPS) is 12.5. The summed E-state index contributed by atoms with van der Waals surface area (Å²) in [5.74, 6) is -0.00802. The first-order valence-corrected chi connectivity index (χ1v) is 8.38. The Bertz CT molecular complexity index is 801. The SMILES string of the molecule is CCNC(=O)c1cc2sc(C)cc2n1C(C)c1ccccc1. The summed E-state index contributed by atoms with van der Waals surface area (Å²) in [6, 6.07) is 14.6. The highest BCUT2D eigenvalue weighted by molar-refractivity contribution is 7.19. The van der Waals surface area contributed by atoms with Gasteiger partial charge in [-0.2, -0.15) is 0 Å². The molecule has 1 amide bonds. The Morgan fingerprint density at radius 3 is 2.68 bits per heavy atom. The quantitative estimate of drug-likeness (QED) is 0.762. The van der Waals surface area contributed by atoms with Crippen LogP contribution in [0.1, 0.15) is 40.8 Å². The van der Waals surface area contributed by atoms with Crippen molar-refractivity contribution in [3.8, 4) is 0 Å². The summed E-state index contributed by atoms with van der Waals surface area (Å²) < 4.78 is 3.32. The standard InChI is InChI=1S/C18H20N2OS/c1-4-19-18(21)16-11-17-15(10-12(2)22-17)20(16)13(3)14-8-6-5-7-9-14/h5-11,13H,4H2,1-3H3,(H,19,21). The summed E-state index contributed by atoms with van der Waals surface area (Å²) >= 11 is 1.73. The van der Waals surface area contributed by atoms with Gasteiger partial charge in [-0.15, -0.1) is 11.3 Å². The van der Waals surface area contributed by atoms with Gasteiger partial charge >= 0.3 is 0 Å². The van der Waals surface area contributed by atoms with Gasteiger partial charge in [-0.05, 0) is 38.5 Å².